The fraction of sp³-hybridized carbons (Fsp3) is 0.556. The smallest absolute Gasteiger partial charge is 0.338 e. The van der Waals surface area contributed by atoms with Crippen molar-refractivity contribution in [3.05, 3.63) is 28.8 Å². The SMILES string of the molecule is CC(=O)COC(=O)c1cc(C)c(C)c(S(=O)(=O)N2CCC(C)CC2)c1. The van der Waals surface area contributed by atoms with Crippen LogP contribution in [0.2, 0.25) is 0 Å². The second kappa shape index (κ2) is 7.66. The Bertz CT molecular complexity index is 777. The maximum absolute atomic E-state index is 13.0. The molecule has 1 aromatic carbocycles. The highest BCUT2D eigenvalue weighted by Crippen LogP contribution is 2.28. The molecule has 0 radical (unpaired) electrons. The number of carbonyl (C=O) groups is 2. The molecule has 0 aliphatic carbocycles. The predicted octanol–water partition coefficient (Wildman–Crippen LogP) is 2.47. The summed E-state index contributed by atoms with van der Waals surface area (Å²) in [4.78, 5) is 23.2. The van der Waals surface area contributed by atoms with Gasteiger partial charge in [-0.05, 0) is 62.8 Å². The average molecular weight is 367 g/mol. The summed E-state index contributed by atoms with van der Waals surface area (Å²) in [6, 6.07) is 2.95. The molecule has 0 amide bonds. The molecule has 138 valence electrons. The van der Waals surface area contributed by atoms with Crippen molar-refractivity contribution in [2.45, 2.75) is 45.4 Å². The fourth-order valence-electron chi connectivity index (χ4n) is 2.83. The highest BCUT2D eigenvalue weighted by molar-refractivity contribution is 7.89. The second-order valence-corrected chi connectivity index (χ2v) is 8.69. The Hall–Kier alpha value is -1.73. The molecule has 2 rings (SSSR count). The van der Waals surface area contributed by atoms with Crippen LogP contribution in [0.25, 0.3) is 0 Å². The summed E-state index contributed by atoms with van der Waals surface area (Å²) in [5.41, 5.74) is 1.47. The number of Topliss-reactive ketones (excluding diaryl/α,β-unsaturated/α-hetero) is 1. The summed E-state index contributed by atoms with van der Waals surface area (Å²) in [7, 11) is -3.67. The lowest BCUT2D eigenvalue weighted by molar-refractivity contribution is -0.120. The fourth-order valence-corrected chi connectivity index (χ4v) is 4.62. The lowest BCUT2D eigenvalue weighted by Gasteiger charge is -2.30. The number of sulfonamides is 1. The molecule has 1 saturated heterocycles. The molecule has 0 N–H and O–H groups in total. The van der Waals surface area contributed by atoms with Gasteiger partial charge in [0.2, 0.25) is 10.0 Å². The largest absolute Gasteiger partial charge is 0.454 e. The van der Waals surface area contributed by atoms with E-state index in [1.165, 1.54) is 17.3 Å². The van der Waals surface area contributed by atoms with Crippen molar-refractivity contribution in [3.8, 4) is 0 Å². The Morgan fingerprint density at radius 2 is 1.80 bits per heavy atom. The standard InChI is InChI=1S/C18H25NO5S/c1-12-5-7-19(8-6-12)25(22,23)17-10-16(9-13(2)15(17)4)18(21)24-11-14(3)20/h9-10,12H,5-8,11H2,1-4H3. The van der Waals surface area contributed by atoms with Gasteiger partial charge in [0.15, 0.2) is 5.78 Å². The number of ether oxygens (including phenoxy) is 1. The van der Waals surface area contributed by atoms with Crippen molar-refractivity contribution < 1.29 is 22.7 Å². The topological polar surface area (TPSA) is 80.8 Å². The number of ketones is 1. The molecule has 1 fully saturated rings. The van der Waals surface area contributed by atoms with Gasteiger partial charge in [-0.25, -0.2) is 13.2 Å². The van der Waals surface area contributed by atoms with Crippen molar-refractivity contribution in [1.82, 2.24) is 4.31 Å². The summed E-state index contributed by atoms with van der Waals surface area (Å²) in [5.74, 6) is -0.448. The first-order valence-electron chi connectivity index (χ1n) is 8.41. The van der Waals surface area contributed by atoms with Crippen molar-refractivity contribution in [3.63, 3.8) is 0 Å². The summed E-state index contributed by atoms with van der Waals surface area (Å²) in [6.45, 7) is 7.58. The van der Waals surface area contributed by atoms with Gasteiger partial charge in [0, 0.05) is 13.1 Å². The molecule has 7 heteroatoms. The zero-order valence-electron chi connectivity index (χ0n) is 15.2. The van der Waals surface area contributed by atoms with E-state index in [2.05, 4.69) is 6.92 Å². The van der Waals surface area contributed by atoms with Gasteiger partial charge in [0.25, 0.3) is 0 Å². The van der Waals surface area contributed by atoms with Gasteiger partial charge in [0.1, 0.15) is 6.61 Å². The normalized spacial score (nSPS) is 16.6. The third-order valence-corrected chi connectivity index (χ3v) is 6.65. The highest BCUT2D eigenvalue weighted by atomic mass is 32.2. The first-order valence-corrected chi connectivity index (χ1v) is 9.85. The Labute approximate surface area is 149 Å². The van der Waals surface area contributed by atoms with E-state index in [9.17, 15) is 18.0 Å². The molecule has 0 spiro atoms. The van der Waals surface area contributed by atoms with Crippen molar-refractivity contribution in [2.75, 3.05) is 19.7 Å². The quantitative estimate of drug-likeness (QED) is 0.747. The lowest BCUT2D eigenvalue weighted by atomic mass is 10.0. The molecular formula is C18H25NO5S. The number of hydrogen-bond donors (Lipinski definition) is 0. The third-order valence-electron chi connectivity index (χ3n) is 4.62. The van der Waals surface area contributed by atoms with Crippen LogP contribution in [0.15, 0.2) is 17.0 Å². The molecule has 1 aliphatic heterocycles. The number of nitrogens with zero attached hydrogens (tertiary/aromatic N) is 1. The summed E-state index contributed by atoms with van der Waals surface area (Å²) >= 11 is 0. The molecule has 25 heavy (non-hydrogen) atoms. The highest BCUT2D eigenvalue weighted by Gasteiger charge is 2.30. The van der Waals surface area contributed by atoms with Crippen LogP contribution < -0.4 is 0 Å². The van der Waals surface area contributed by atoms with Crippen molar-refractivity contribution >= 4 is 21.8 Å². The molecule has 6 nitrogen and oxygen atoms in total. The first-order chi connectivity index (χ1) is 11.6. The lowest BCUT2D eigenvalue weighted by Crippen LogP contribution is -2.38. The molecule has 0 atom stereocenters. The van der Waals surface area contributed by atoms with Crippen LogP contribution in [0.3, 0.4) is 0 Å². The Kier molecular flexibility index (Phi) is 6.00. The van der Waals surface area contributed by atoms with Crippen molar-refractivity contribution in [1.29, 1.82) is 0 Å². The number of carbonyl (C=O) groups excluding carboxylic acids is 2. The van der Waals surface area contributed by atoms with E-state index < -0.39 is 16.0 Å². The van der Waals surface area contributed by atoms with E-state index in [0.29, 0.717) is 30.1 Å². The van der Waals surface area contributed by atoms with Gasteiger partial charge in [0.05, 0.1) is 10.5 Å². The number of aryl methyl sites for hydroxylation is 1. The van der Waals surface area contributed by atoms with E-state index in [1.54, 1.807) is 19.9 Å². The number of esters is 1. The zero-order valence-corrected chi connectivity index (χ0v) is 16.0. The first kappa shape index (κ1) is 19.6. The van der Waals surface area contributed by atoms with Crippen LogP contribution in [-0.4, -0.2) is 44.2 Å². The number of piperidine rings is 1. The molecule has 0 aromatic heterocycles. The maximum atomic E-state index is 13.0. The van der Waals surface area contributed by atoms with E-state index in [1.807, 2.05) is 0 Å². The molecular weight excluding hydrogens is 342 g/mol. The second-order valence-electron chi connectivity index (χ2n) is 6.78. The molecule has 0 unspecified atom stereocenters. The Balaban J connectivity index is 2.36. The predicted molar refractivity (Wildman–Crippen MR) is 94.0 cm³/mol. The summed E-state index contributed by atoms with van der Waals surface area (Å²) in [5, 5.41) is 0. The van der Waals surface area contributed by atoms with E-state index >= 15 is 0 Å². The Morgan fingerprint density at radius 3 is 2.36 bits per heavy atom. The molecule has 1 aromatic rings. The molecule has 0 saturated carbocycles. The van der Waals surface area contributed by atoms with Gasteiger partial charge >= 0.3 is 5.97 Å². The monoisotopic (exact) mass is 367 g/mol. The summed E-state index contributed by atoms with van der Waals surface area (Å²) < 4.78 is 32.5. The van der Waals surface area contributed by atoms with Crippen LogP contribution in [0.4, 0.5) is 0 Å². The number of hydrogen-bond acceptors (Lipinski definition) is 5. The van der Waals surface area contributed by atoms with Crippen LogP contribution in [0.1, 0.15) is 48.2 Å². The van der Waals surface area contributed by atoms with Gasteiger partial charge in [-0.2, -0.15) is 4.31 Å². The number of benzene rings is 1. The number of rotatable bonds is 5. The van der Waals surface area contributed by atoms with Gasteiger partial charge < -0.3 is 4.74 Å². The minimum Gasteiger partial charge on any atom is -0.454 e. The maximum Gasteiger partial charge on any atom is 0.338 e. The molecule has 1 heterocycles. The molecule has 1 aliphatic rings. The Morgan fingerprint density at radius 1 is 1.20 bits per heavy atom. The van der Waals surface area contributed by atoms with Crippen LogP contribution in [-0.2, 0) is 19.6 Å². The van der Waals surface area contributed by atoms with Crippen LogP contribution in [0, 0.1) is 19.8 Å². The van der Waals surface area contributed by atoms with Gasteiger partial charge in [-0.15, -0.1) is 0 Å². The summed E-state index contributed by atoms with van der Waals surface area (Å²) in [6.07, 6.45) is 1.66. The van der Waals surface area contributed by atoms with E-state index in [-0.39, 0.29) is 22.8 Å². The molecule has 0 bridgehead atoms. The zero-order chi connectivity index (χ0) is 18.8. The van der Waals surface area contributed by atoms with Crippen molar-refractivity contribution in [2.24, 2.45) is 5.92 Å². The minimum absolute atomic E-state index is 0.136. The van der Waals surface area contributed by atoms with E-state index in [0.717, 1.165) is 12.8 Å². The third kappa shape index (κ3) is 4.46. The van der Waals surface area contributed by atoms with Crippen LogP contribution in [0.5, 0.6) is 0 Å². The van der Waals surface area contributed by atoms with E-state index in [4.69, 9.17) is 4.74 Å². The minimum atomic E-state index is -3.67. The van der Waals surface area contributed by atoms with Gasteiger partial charge in [-0.3, -0.25) is 4.79 Å². The van der Waals surface area contributed by atoms with Gasteiger partial charge in [-0.1, -0.05) is 6.92 Å². The average Bonchev–Trinajstić information content (AvgIpc) is 2.55. The van der Waals surface area contributed by atoms with Crippen LogP contribution >= 0.6 is 0 Å².